The average molecular weight is 248 g/mol. The lowest BCUT2D eigenvalue weighted by Crippen LogP contribution is -2.30. The van der Waals surface area contributed by atoms with Crippen LogP contribution in [0.5, 0.6) is 5.75 Å². The van der Waals surface area contributed by atoms with Crippen molar-refractivity contribution >= 4 is 0 Å². The highest BCUT2D eigenvalue weighted by Crippen LogP contribution is 2.43. The van der Waals surface area contributed by atoms with Crippen molar-refractivity contribution in [3.63, 3.8) is 0 Å². The van der Waals surface area contributed by atoms with Gasteiger partial charge in [-0.3, -0.25) is 0 Å². The first-order valence-corrected chi connectivity index (χ1v) is 6.96. The van der Waals surface area contributed by atoms with Crippen LogP contribution in [0.2, 0.25) is 0 Å². The van der Waals surface area contributed by atoms with Gasteiger partial charge in [0, 0.05) is 5.56 Å². The van der Waals surface area contributed by atoms with Gasteiger partial charge in [-0.15, -0.1) is 0 Å². The number of para-hydroxylation sites is 1. The van der Waals surface area contributed by atoms with Crippen LogP contribution in [0, 0.1) is 17.8 Å². The molecular weight excluding hydrogens is 224 g/mol. The molecule has 0 radical (unpaired) electrons. The topological polar surface area (TPSA) is 29.5 Å². The lowest BCUT2D eigenvalue weighted by molar-refractivity contribution is 0.0179. The van der Waals surface area contributed by atoms with Crippen LogP contribution in [-0.2, 0) is 0 Å². The van der Waals surface area contributed by atoms with Gasteiger partial charge in [0.05, 0.1) is 13.2 Å². The number of rotatable bonds is 3. The predicted octanol–water partition coefficient (Wildman–Crippen LogP) is 3.80. The molecule has 100 valence electrons. The summed E-state index contributed by atoms with van der Waals surface area (Å²) in [5.41, 5.74) is 0.936. The molecule has 0 heterocycles. The highest BCUT2D eigenvalue weighted by Gasteiger charge is 2.34. The van der Waals surface area contributed by atoms with Crippen molar-refractivity contribution in [3.05, 3.63) is 29.8 Å². The van der Waals surface area contributed by atoms with Crippen molar-refractivity contribution in [1.82, 2.24) is 0 Å². The SMILES string of the molecule is COc1ccccc1C(O)C1C(C)CCCC1C. The molecule has 3 atom stereocenters. The smallest absolute Gasteiger partial charge is 0.124 e. The van der Waals surface area contributed by atoms with Gasteiger partial charge in [0.25, 0.3) is 0 Å². The van der Waals surface area contributed by atoms with Crippen molar-refractivity contribution in [2.24, 2.45) is 17.8 Å². The molecule has 0 saturated heterocycles. The van der Waals surface area contributed by atoms with E-state index in [1.807, 2.05) is 24.3 Å². The Kier molecular flexibility index (Phi) is 4.28. The van der Waals surface area contributed by atoms with Crippen molar-refractivity contribution in [1.29, 1.82) is 0 Å². The molecule has 1 N–H and O–H groups in total. The molecule has 0 aliphatic heterocycles. The molecule has 1 aromatic rings. The standard InChI is InChI=1S/C16H24O2/c1-11-7-6-8-12(2)15(11)16(17)13-9-4-5-10-14(13)18-3/h4-5,9-12,15-17H,6-8H2,1-3H3. The molecule has 0 spiro atoms. The Morgan fingerprint density at radius 2 is 1.78 bits per heavy atom. The molecule has 0 aromatic heterocycles. The first-order chi connectivity index (χ1) is 8.65. The Balaban J connectivity index is 2.26. The molecule has 1 aromatic carbocycles. The second-order valence-corrected chi connectivity index (χ2v) is 5.65. The van der Waals surface area contributed by atoms with Crippen molar-refractivity contribution in [2.75, 3.05) is 7.11 Å². The van der Waals surface area contributed by atoms with Gasteiger partial charge < -0.3 is 9.84 Å². The van der Waals surface area contributed by atoms with Gasteiger partial charge >= 0.3 is 0 Å². The van der Waals surface area contributed by atoms with Crippen molar-refractivity contribution in [2.45, 2.75) is 39.2 Å². The fourth-order valence-electron chi connectivity index (χ4n) is 3.45. The highest BCUT2D eigenvalue weighted by molar-refractivity contribution is 5.35. The number of aliphatic hydroxyl groups excluding tert-OH is 1. The van der Waals surface area contributed by atoms with Gasteiger partial charge in [-0.2, -0.15) is 0 Å². The maximum Gasteiger partial charge on any atom is 0.124 e. The molecule has 0 amide bonds. The Hall–Kier alpha value is -1.02. The number of ether oxygens (including phenoxy) is 1. The van der Waals surface area contributed by atoms with Crippen LogP contribution >= 0.6 is 0 Å². The van der Waals surface area contributed by atoms with E-state index < -0.39 is 6.10 Å². The minimum Gasteiger partial charge on any atom is -0.496 e. The zero-order valence-corrected chi connectivity index (χ0v) is 11.6. The average Bonchev–Trinajstić information content (AvgIpc) is 2.38. The van der Waals surface area contributed by atoms with Crippen LogP contribution in [0.25, 0.3) is 0 Å². The van der Waals surface area contributed by atoms with Gasteiger partial charge in [0.2, 0.25) is 0 Å². The van der Waals surface area contributed by atoms with Crippen molar-refractivity contribution in [3.8, 4) is 5.75 Å². The lowest BCUT2D eigenvalue weighted by atomic mass is 9.69. The predicted molar refractivity (Wildman–Crippen MR) is 73.6 cm³/mol. The van der Waals surface area contributed by atoms with Crippen LogP contribution in [-0.4, -0.2) is 12.2 Å². The lowest BCUT2D eigenvalue weighted by Gasteiger charge is -2.38. The van der Waals surface area contributed by atoms with E-state index in [2.05, 4.69) is 13.8 Å². The zero-order chi connectivity index (χ0) is 13.1. The molecule has 1 aliphatic carbocycles. The summed E-state index contributed by atoms with van der Waals surface area (Å²) in [6.07, 6.45) is 3.33. The normalized spacial score (nSPS) is 29.9. The zero-order valence-electron chi connectivity index (χ0n) is 11.6. The molecule has 2 rings (SSSR count). The Morgan fingerprint density at radius 1 is 1.17 bits per heavy atom. The summed E-state index contributed by atoms with van der Waals surface area (Å²) in [4.78, 5) is 0. The number of benzene rings is 1. The van der Waals surface area contributed by atoms with Crippen molar-refractivity contribution < 1.29 is 9.84 Å². The van der Waals surface area contributed by atoms with E-state index in [-0.39, 0.29) is 0 Å². The molecular formula is C16H24O2. The fourth-order valence-corrected chi connectivity index (χ4v) is 3.45. The van der Waals surface area contributed by atoms with Gasteiger partial charge in [-0.05, 0) is 23.8 Å². The minimum atomic E-state index is -0.411. The van der Waals surface area contributed by atoms with Gasteiger partial charge in [0.1, 0.15) is 5.75 Å². The van der Waals surface area contributed by atoms with Gasteiger partial charge in [0.15, 0.2) is 0 Å². The Bertz CT molecular complexity index is 378. The summed E-state index contributed by atoms with van der Waals surface area (Å²) in [5.74, 6) is 2.30. The van der Waals surface area contributed by atoms with Crippen LogP contribution in [0.3, 0.4) is 0 Å². The second-order valence-electron chi connectivity index (χ2n) is 5.65. The van der Waals surface area contributed by atoms with Crippen LogP contribution < -0.4 is 4.74 Å². The molecule has 2 heteroatoms. The van der Waals surface area contributed by atoms with E-state index in [4.69, 9.17) is 4.74 Å². The van der Waals surface area contributed by atoms with Crippen LogP contribution in [0.15, 0.2) is 24.3 Å². The number of methoxy groups -OCH3 is 1. The molecule has 1 aliphatic rings. The van der Waals surface area contributed by atoms with Crippen LogP contribution in [0.1, 0.15) is 44.8 Å². The van der Waals surface area contributed by atoms with E-state index in [0.717, 1.165) is 11.3 Å². The third kappa shape index (κ3) is 2.54. The van der Waals surface area contributed by atoms with E-state index in [1.54, 1.807) is 7.11 Å². The summed E-state index contributed by atoms with van der Waals surface area (Å²) in [6, 6.07) is 7.83. The first-order valence-electron chi connectivity index (χ1n) is 6.96. The first kappa shape index (κ1) is 13.4. The molecule has 2 nitrogen and oxygen atoms in total. The van der Waals surface area contributed by atoms with Gasteiger partial charge in [-0.25, -0.2) is 0 Å². The third-order valence-corrected chi connectivity index (χ3v) is 4.46. The molecule has 3 unspecified atom stereocenters. The number of hydrogen-bond acceptors (Lipinski definition) is 2. The Labute approximate surface area is 110 Å². The van der Waals surface area contributed by atoms with Gasteiger partial charge in [-0.1, -0.05) is 51.3 Å². The molecule has 1 fully saturated rings. The van der Waals surface area contributed by atoms with E-state index >= 15 is 0 Å². The molecule has 0 bridgehead atoms. The minimum absolute atomic E-state index is 0.343. The maximum absolute atomic E-state index is 10.7. The quantitative estimate of drug-likeness (QED) is 0.881. The summed E-state index contributed by atoms with van der Waals surface area (Å²) in [5, 5.41) is 10.7. The number of hydrogen-bond donors (Lipinski definition) is 1. The van der Waals surface area contributed by atoms with E-state index in [9.17, 15) is 5.11 Å². The van der Waals surface area contributed by atoms with Crippen LogP contribution in [0.4, 0.5) is 0 Å². The van der Waals surface area contributed by atoms with E-state index in [1.165, 1.54) is 19.3 Å². The largest absolute Gasteiger partial charge is 0.496 e. The molecule has 1 saturated carbocycles. The number of aliphatic hydroxyl groups is 1. The Morgan fingerprint density at radius 3 is 2.39 bits per heavy atom. The summed E-state index contributed by atoms with van der Waals surface area (Å²) in [7, 11) is 1.67. The monoisotopic (exact) mass is 248 g/mol. The summed E-state index contributed by atoms with van der Waals surface area (Å²) >= 11 is 0. The fraction of sp³-hybridized carbons (Fsp3) is 0.625. The second kappa shape index (κ2) is 5.75. The summed E-state index contributed by atoms with van der Waals surface area (Å²) < 4.78 is 5.37. The maximum atomic E-state index is 10.7. The summed E-state index contributed by atoms with van der Waals surface area (Å²) in [6.45, 7) is 4.53. The van der Waals surface area contributed by atoms with E-state index in [0.29, 0.717) is 17.8 Å². The third-order valence-electron chi connectivity index (χ3n) is 4.46. The highest BCUT2D eigenvalue weighted by atomic mass is 16.5. The molecule has 18 heavy (non-hydrogen) atoms.